The van der Waals surface area contributed by atoms with Gasteiger partial charge < -0.3 is 14.6 Å². The van der Waals surface area contributed by atoms with Gasteiger partial charge in [-0.15, -0.1) is 0 Å². The molecular weight excluding hydrogens is 365 g/mol. The van der Waals surface area contributed by atoms with Gasteiger partial charge in [0.1, 0.15) is 5.75 Å². The first kappa shape index (κ1) is 17.3. The molecule has 6 nitrogen and oxygen atoms in total. The summed E-state index contributed by atoms with van der Waals surface area (Å²) < 4.78 is 10.5. The van der Waals surface area contributed by atoms with Crippen LogP contribution in [-0.2, 0) is 11.3 Å². The van der Waals surface area contributed by atoms with Gasteiger partial charge in [-0.25, -0.2) is 0 Å². The highest BCUT2D eigenvalue weighted by Gasteiger charge is 2.10. The molecule has 128 valence electrons. The van der Waals surface area contributed by atoms with Crippen molar-refractivity contribution < 1.29 is 14.1 Å². The van der Waals surface area contributed by atoms with E-state index < -0.39 is 0 Å². The van der Waals surface area contributed by atoms with E-state index in [2.05, 4.69) is 15.5 Å². The number of hydrogen-bond acceptors (Lipinski definition) is 5. The molecule has 0 saturated heterocycles. The second kappa shape index (κ2) is 8.00. The Hall–Kier alpha value is -2.57. The molecule has 1 amide bonds. The Bertz CT molecular complexity index is 848. The first-order chi connectivity index (χ1) is 12.1. The van der Waals surface area contributed by atoms with Gasteiger partial charge >= 0.3 is 0 Å². The van der Waals surface area contributed by atoms with E-state index >= 15 is 0 Å². The topological polar surface area (TPSA) is 77.2 Å². The lowest BCUT2D eigenvalue weighted by molar-refractivity contribution is -0.123. The van der Waals surface area contributed by atoms with Crippen molar-refractivity contribution in [3.8, 4) is 17.1 Å². The van der Waals surface area contributed by atoms with Crippen molar-refractivity contribution in [2.75, 3.05) is 6.61 Å². The van der Waals surface area contributed by atoms with Crippen molar-refractivity contribution in [1.82, 2.24) is 15.5 Å². The lowest BCUT2D eigenvalue weighted by Crippen LogP contribution is -2.28. The van der Waals surface area contributed by atoms with Gasteiger partial charge in [-0.2, -0.15) is 4.98 Å². The maximum atomic E-state index is 11.8. The Balaban J connectivity index is 1.49. The van der Waals surface area contributed by atoms with Crippen LogP contribution in [0.5, 0.6) is 5.75 Å². The van der Waals surface area contributed by atoms with E-state index in [1.165, 1.54) is 0 Å². The number of benzene rings is 2. The van der Waals surface area contributed by atoms with Crippen molar-refractivity contribution in [2.24, 2.45) is 0 Å². The average Bonchev–Trinajstić information content (AvgIpc) is 3.09. The highest BCUT2D eigenvalue weighted by molar-refractivity contribution is 6.30. The summed E-state index contributed by atoms with van der Waals surface area (Å²) in [5.74, 6) is 0.978. The zero-order valence-electron chi connectivity index (χ0n) is 12.9. The summed E-state index contributed by atoms with van der Waals surface area (Å²) in [6.07, 6.45) is 0. The third-order valence-electron chi connectivity index (χ3n) is 3.19. The maximum Gasteiger partial charge on any atom is 0.258 e. The standard InChI is InChI=1S/C17H13Cl2N3O3/c18-12-3-1-11(2-4-12)17-21-16(25-22-17)9-20-15(23)10-24-14-7-5-13(19)6-8-14/h1-8H,9-10H2,(H,20,23). The van der Waals surface area contributed by atoms with Gasteiger partial charge in [0, 0.05) is 15.6 Å². The molecule has 0 aliphatic heterocycles. The number of ether oxygens (including phenoxy) is 1. The van der Waals surface area contributed by atoms with Crippen LogP contribution in [0.3, 0.4) is 0 Å². The highest BCUT2D eigenvalue weighted by Crippen LogP contribution is 2.18. The molecule has 3 aromatic rings. The second-order valence-electron chi connectivity index (χ2n) is 5.04. The lowest BCUT2D eigenvalue weighted by Gasteiger charge is -2.05. The molecule has 25 heavy (non-hydrogen) atoms. The molecule has 0 fully saturated rings. The first-order valence-electron chi connectivity index (χ1n) is 7.34. The minimum Gasteiger partial charge on any atom is -0.484 e. The number of aromatic nitrogens is 2. The van der Waals surface area contributed by atoms with E-state index in [1.54, 1.807) is 48.5 Å². The first-order valence-corrected chi connectivity index (χ1v) is 8.09. The van der Waals surface area contributed by atoms with Gasteiger partial charge in [-0.3, -0.25) is 4.79 Å². The second-order valence-corrected chi connectivity index (χ2v) is 5.91. The fourth-order valence-electron chi connectivity index (χ4n) is 1.95. The van der Waals surface area contributed by atoms with Crippen molar-refractivity contribution in [3.05, 3.63) is 64.5 Å². The molecule has 0 unspecified atom stereocenters. The van der Waals surface area contributed by atoms with E-state index in [-0.39, 0.29) is 19.1 Å². The molecule has 1 N–H and O–H groups in total. The molecule has 0 radical (unpaired) electrons. The number of halogens is 2. The Morgan fingerprint density at radius 1 is 1.04 bits per heavy atom. The number of rotatable bonds is 6. The number of hydrogen-bond donors (Lipinski definition) is 1. The molecule has 0 bridgehead atoms. The van der Waals surface area contributed by atoms with Gasteiger partial charge in [0.15, 0.2) is 6.61 Å². The van der Waals surface area contributed by atoms with E-state index in [1.807, 2.05) is 0 Å². The van der Waals surface area contributed by atoms with Gasteiger partial charge in [0.05, 0.1) is 6.54 Å². The Morgan fingerprint density at radius 3 is 2.36 bits per heavy atom. The average molecular weight is 378 g/mol. The van der Waals surface area contributed by atoms with Gasteiger partial charge in [0.2, 0.25) is 11.7 Å². The van der Waals surface area contributed by atoms with Gasteiger partial charge in [-0.05, 0) is 48.5 Å². The molecule has 0 aliphatic rings. The van der Waals surface area contributed by atoms with Gasteiger partial charge in [-0.1, -0.05) is 28.4 Å². The minimum absolute atomic E-state index is 0.114. The van der Waals surface area contributed by atoms with Crippen LogP contribution < -0.4 is 10.1 Å². The largest absolute Gasteiger partial charge is 0.484 e. The van der Waals surface area contributed by atoms with Crippen LogP contribution in [0, 0.1) is 0 Å². The lowest BCUT2D eigenvalue weighted by atomic mass is 10.2. The molecular formula is C17H13Cl2N3O3. The van der Waals surface area contributed by atoms with Crippen LogP contribution in [0.4, 0.5) is 0 Å². The fourth-order valence-corrected chi connectivity index (χ4v) is 2.20. The molecule has 0 saturated carbocycles. The summed E-state index contributed by atoms with van der Waals surface area (Å²) in [5.41, 5.74) is 0.775. The molecule has 8 heteroatoms. The summed E-state index contributed by atoms with van der Waals surface area (Å²) in [6, 6.07) is 13.8. The molecule has 0 spiro atoms. The van der Waals surface area contributed by atoms with Crippen LogP contribution in [0.15, 0.2) is 53.1 Å². The maximum absolute atomic E-state index is 11.8. The predicted molar refractivity (Wildman–Crippen MR) is 93.5 cm³/mol. The molecule has 0 aliphatic carbocycles. The molecule has 3 rings (SSSR count). The van der Waals surface area contributed by atoms with E-state index in [0.717, 1.165) is 5.56 Å². The number of nitrogens with zero attached hydrogens (tertiary/aromatic N) is 2. The van der Waals surface area contributed by atoms with Crippen LogP contribution in [-0.4, -0.2) is 22.7 Å². The van der Waals surface area contributed by atoms with Crippen molar-refractivity contribution in [3.63, 3.8) is 0 Å². The molecule has 0 atom stereocenters. The van der Waals surface area contributed by atoms with Crippen LogP contribution in [0.2, 0.25) is 10.0 Å². The molecule has 1 aromatic heterocycles. The van der Waals surface area contributed by atoms with Crippen molar-refractivity contribution in [2.45, 2.75) is 6.54 Å². The molecule has 1 heterocycles. The zero-order valence-corrected chi connectivity index (χ0v) is 14.4. The summed E-state index contributed by atoms with van der Waals surface area (Å²) in [6.45, 7) is -0.0107. The zero-order chi connectivity index (χ0) is 17.6. The van der Waals surface area contributed by atoms with E-state index in [0.29, 0.717) is 27.5 Å². The monoisotopic (exact) mass is 377 g/mol. The third kappa shape index (κ3) is 4.95. The Labute approximate surface area is 153 Å². The smallest absolute Gasteiger partial charge is 0.258 e. The van der Waals surface area contributed by atoms with Crippen molar-refractivity contribution >= 4 is 29.1 Å². The predicted octanol–water partition coefficient (Wildman–Crippen LogP) is 3.74. The Morgan fingerprint density at radius 2 is 1.68 bits per heavy atom. The number of carbonyl (C=O) groups is 1. The van der Waals surface area contributed by atoms with E-state index in [4.69, 9.17) is 32.5 Å². The molecule has 2 aromatic carbocycles. The highest BCUT2D eigenvalue weighted by atomic mass is 35.5. The number of nitrogens with one attached hydrogen (secondary N) is 1. The minimum atomic E-state index is -0.304. The van der Waals surface area contributed by atoms with Crippen molar-refractivity contribution in [1.29, 1.82) is 0 Å². The van der Waals surface area contributed by atoms with Gasteiger partial charge in [0.25, 0.3) is 5.91 Å². The summed E-state index contributed by atoms with van der Waals surface area (Å²) in [7, 11) is 0. The quantitative estimate of drug-likeness (QED) is 0.707. The van der Waals surface area contributed by atoms with Crippen LogP contribution in [0.1, 0.15) is 5.89 Å². The van der Waals surface area contributed by atoms with Crippen LogP contribution in [0.25, 0.3) is 11.4 Å². The third-order valence-corrected chi connectivity index (χ3v) is 3.69. The van der Waals surface area contributed by atoms with Crippen LogP contribution >= 0.6 is 23.2 Å². The fraction of sp³-hybridized carbons (Fsp3) is 0.118. The number of carbonyl (C=O) groups excluding carboxylic acids is 1. The summed E-state index contributed by atoms with van der Waals surface area (Å²) in [5, 5.41) is 7.75. The summed E-state index contributed by atoms with van der Waals surface area (Å²) in [4.78, 5) is 16.0. The number of amides is 1. The normalized spacial score (nSPS) is 10.5. The SMILES string of the molecule is O=C(COc1ccc(Cl)cc1)NCc1nc(-c2ccc(Cl)cc2)no1. The Kier molecular flexibility index (Phi) is 5.53. The van der Waals surface area contributed by atoms with E-state index in [9.17, 15) is 4.79 Å². The summed E-state index contributed by atoms with van der Waals surface area (Å²) >= 11 is 11.6.